The van der Waals surface area contributed by atoms with E-state index >= 15 is 0 Å². The molecule has 5 nitrogen and oxygen atoms in total. The molecular weight excluding hydrogens is 570 g/mol. The van der Waals surface area contributed by atoms with Gasteiger partial charge in [-0.3, -0.25) is 4.90 Å². The number of rotatable bonds is 16. The Morgan fingerprint density at radius 3 is 2.04 bits per heavy atom. The van der Waals surface area contributed by atoms with Crippen LogP contribution in [0.1, 0.15) is 67.9 Å². The minimum absolute atomic E-state index is 0.0810. The fourth-order valence-electron chi connectivity index (χ4n) is 5.84. The standard InChI is InChI=1S/C38H46F2N2O3/c1-26(2)42(27(3)4)20-17-33(31-8-6-5-7-9-31)34-22-29(12-15-37(34)43)18-21-45-32-13-10-28(11-14-32)16-19-41-25-30-23-35(39)38(44)36(40)24-30/h5-15,22-24,26-27,33,41,43-44H,16-21,25H2,1-4H3/t33-/m1/s1. The van der Waals surface area contributed by atoms with Gasteiger partial charge in [-0.1, -0.05) is 54.6 Å². The molecule has 4 aromatic rings. The number of halogens is 2. The number of ether oxygens (including phenoxy) is 1. The highest BCUT2D eigenvalue weighted by Gasteiger charge is 2.22. The summed E-state index contributed by atoms with van der Waals surface area (Å²) in [6, 6.07) is 27.4. The maximum Gasteiger partial charge on any atom is 0.187 e. The maximum atomic E-state index is 13.5. The molecule has 0 aliphatic rings. The molecule has 0 saturated heterocycles. The van der Waals surface area contributed by atoms with Gasteiger partial charge in [0.25, 0.3) is 0 Å². The van der Waals surface area contributed by atoms with Gasteiger partial charge in [0.15, 0.2) is 17.4 Å². The van der Waals surface area contributed by atoms with Gasteiger partial charge in [-0.2, -0.15) is 0 Å². The van der Waals surface area contributed by atoms with E-state index in [1.165, 1.54) is 5.56 Å². The molecular formula is C38H46F2N2O3. The van der Waals surface area contributed by atoms with Gasteiger partial charge in [0.1, 0.15) is 11.5 Å². The van der Waals surface area contributed by atoms with E-state index < -0.39 is 17.4 Å². The molecule has 0 aliphatic heterocycles. The minimum Gasteiger partial charge on any atom is -0.508 e. The smallest absolute Gasteiger partial charge is 0.187 e. The highest BCUT2D eigenvalue weighted by molar-refractivity contribution is 5.44. The average molecular weight is 617 g/mol. The number of benzene rings is 4. The number of nitrogens with zero attached hydrogens (tertiary/aromatic N) is 1. The highest BCUT2D eigenvalue weighted by atomic mass is 19.1. The van der Waals surface area contributed by atoms with Crippen molar-refractivity contribution >= 4 is 0 Å². The first kappa shape index (κ1) is 33.9. The summed E-state index contributed by atoms with van der Waals surface area (Å²) >= 11 is 0. The van der Waals surface area contributed by atoms with Crippen molar-refractivity contribution in [2.45, 2.75) is 71.5 Å². The zero-order chi connectivity index (χ0) is 32.3. The summed E-state index contributed by atoms with van der Waals surface area (Å²) in [5.41, 5.74) is 4.81. The largest absolute Gasteiger partial charge is 0.508 e. The van der Waals surface area contributed by atoms with Crippen LogP contribution >= 0.6 is 0 Å². The van der Waals surface area contributed by atoms with Crippen LogP contribution in [0.5, 0.6) is 17.2 Å². The van der Waals surface area contributed by atoms with Crippen LogP contribution in [-0.2, 0) is 19.4 Å². The number of phenolic OH excluding ortho intramolecular Hbond substituents is 2. The first-order valence-electron chi connectivity index (χ1n) is 15.8. The van der Waals surface area contributed by atoms with E-state index in [2.05, 4.69) is 68.2 Å². The average Bonchev–Trinajstić information content (AvgIpc) is 3.02. The Balaban J connectivity index is 1.31. The van der Waals surface area contributed by atoms with Crippen LogP contribution in [0.25, 0.3) is 0 Å². The summed E-state index contributed by atoms with van der Waals surface area (Å²) < 4.78 is 33.1. The van der Waals surface area contributed by atoms with Crippen molar-refractivity contribution in [3.63, 3.8) is 0 Å². The van der Waals surface area contributed by atoms with Gasteiger partial charge >= 0.3 is 0 Å². The number of hydrogen-bond acceptors (Lipinski definition) is 5. The van der Waals surface area contributed by atoms with E-state index in [1.807, 2.05) is 36.4 Å². The van der Waals surface area contributed by atoms with E-state index in [1.54, 1.807) is 6.07 Å². The molecule has 1 atom stereocenters. The second-order valence-electron chi connectivity index (χ2n) is 12.1. The Morgan fingerprint density at radius 2 is 1.40 bits per heavy atom. The van der Waals surface area contributed by atoms with Gasteiger partial charge in [0.2, 0.25) is 0 Å². The summed E-state index contributed by atoms with van der Waals surface area (Å²) in [4.78, 5) is 2.49. The monoisotopic (exact) mass is 616 g/mol. The molecule has 4 rings (SSSR count). The molecule has 0 saturated carbocycles. The third-order valence-corrected chi connectivity index (χ3v) is 8.25. The summed E-state index contributed by atoms with van der Waals surface area (Å²) in [5, 5.41) is 23.4. The Labute approximate surface area is 266 Å². The van der Waals surface area contributed by atoms with E-state index in [-0.39, 0.29) is 5.92 Å². The van der Waals surface area contributed by atoms with Gasteiger partial charge in [-0.15, -0.1) is 0 Å². The normalized spacial score (nSPS) is 12.3. The van der Waals surface area contributed by atoms with Crippen LogP contribution in [0.3, 0.4) is 0 Å². The number of aromatic hydroxyl groups is 2. The molecule has 0 radical (unpaired) electrons. The van der Waals surface area contributed by atoms with Crippen LogP contribution in [-0.4, -0.2) is 46.9 Å². The third kappa shape index (κ3) is 9.77. The lowest BCUT2D eigenvalue weighted by Gasteiger charge is -2.32. The van der Waals surface area contributed by atoms with Gasteiger partial charge < -0.3 is 20.3 Å². The van der Waals surface area contributed by atoms with Crippen molar-refractivity contribution < 1.29 is 23.7 Å². The number of nitrogens with one attached hydrogen (secondary N) is 1. The van der Waals surface area contributed by atoms with Crippen molar-refractivity contribution in [3.05, 3.63) is 124 Å². The topological polar surface area (TPSA) is 65.0 Å². The summed E-state index contributed by atoms with van der Waals surface area (Å²) in [6.07, 6.45) is 2.36. The lowest BCUT2D eigenvalue weighted by atomic mass is 9.86. The predicted molar refractivity (Wildman–Crippen MR) is 177 cm³/mol. The summed E-state index contributed by atoms with van der Waals surface area (Å²) in [5.74, 6) is -1.68. The summed E-state index contributed by atoms with van der Waals surface area (Å²) in [7, 11) is 0. The molecule has 0 aliphatic carbocycles. The lowest BCUT2D eigenvalue weighted by molar-refractivity contribution is 0.170. The van der Waals surface area contributed by atoms with Crippen LogP contribution in [0, 0.1) is 11.6 Å². The lowest BCUT2D eigenvalue weighted by Crippen LogP contribution is -2.38. The zero-order valence-electron chi connectivity index (χ0n) is 26.8. The van der Waals surface area contributed by atoms with Gasteiger partial charge in [0.05, 0.1) is 6.61 Å². The molecule has 3 N–H and O–H groups in total. The SMILES string of the molecule is CC(C)N(CC[C@H](c1ccccc1)c1cc(CCOc2ccc(CCNCc3cc(F)c(O)c(F)c3)cc2)ccc1O)C(C)C. The first-order chi connectivity index (χ1) is 21.6. The zero-order valence-corrected chi connectivity index (χ0v) is 26.8. The maximum absolute atomic E-state index is 13.5. The van der Waals surface area contributed by atoms with Crippen molar-refractivity contribution in [2.24, 2.45) is 0 Å². The fourth-order valence-corrected chi connectivity index (χ4v) is 5.84. The van der Waals surface area contributed by atoms with Crippen molar-refractivity contribution in [1.29, 1.82) is 0 Å². The Bertz CT molecular complexity index is 1460. The highest BCUT2D eigenvalue weighted by Crippen LogP contribution is 2.35. The Kier molecular flexibility index (Phi) is 12.4. The van der Waals surface area contributed by atoms with Gasteiger partial charge in [-0.05, 0) is 106 Å². The van der Waals surface area contributed by atoms with E-state index in [9.17, 15) is 19.0 Å². The van der Waals surface area contributed by atoms with Crippen LogP contribution < -0.4 is 10.1 Å². The van der Waals surface area contributed by atoms with Gasteiger partial charge in [-0.25, -0.2) is 8.78 Å². The second kappa shape index (κ2) is 16.4. The number of phenols is 2. The molecule has 0 unspecified atom stereocenters. The van der Waals surface area contributed by atoms with Crippen molar-refractivity contribution in [2.75, 3.05) is 19.7 Å². The molecule has 0 bridgehead atoms. The minimum atomic E-state index is -0.958. The van der Waals surface area contributed by atoms with Crippen LogP contribution in [0.4, 0.5) is 8.78 Å². The molecule has 0 amide bonds. The molecule has 0 aromatic heterocycles. The quantitative estimate of drug-likeness (QED) is 0.112. The summed E-state index contributed by atoms with van der Waals surface area (Å²) in [6.45, 7) is 11.3. The number of hydrogen-bond donors (Lipinski definition) is 3. The van der Waals surface area contributed by atoms with E-state index in [0.717, 1.165) is 54.0 Å². The van der Waals surface area contributed by atoms with Gasteiger partial charge in [0, 0.05) is 36.5 Å². The third-order valence-electron chi connectivity index (χ3n) is 8.25. The Hall–Kier alpha value is -3.94. The van der Waals surface area contributed by atoms with E-state index in [0.29, 0.717) is 49.5 Å². The fraction of sp³-hybridized carbons (Fsp3) is 0.368. The molecule has 0 heterocycles. The molecule has 45 heavy (non-hydrogen) atoms. The van der Waals surface area contributed by atoms with Crippen molar-refractivity contribution in [1.82, 2.24) is 10.2 Å². The molecule has 7 heteroatoms. The molecule has 4 aromatic carbocycles. The van der Waals surface area contributed by atoms with Crippen LogP contribution in [0.15, 0.2) is 84.9 Å². The Morgan fingerprint density at radius 1 is 0.756 bits per heavy atom. The van der Waals surface area contributed by atoms with Crippen LogP contribution in [0.2, 0.25) is 0 Å². The first-order valence-corrected chi connectivity index (χ1v) is 15.8. The molecule has 240 valence electrons. The second-order valence-corrected chi connectivity index (χ2v) is 12.1. The molecule has 0 spiro atoms. The molecule has 0 fully saturated rings. The predicted octanol–water partition coefficient (Wildman–Crippen LogP) is 7.97. The van der Waals surface area contributed by atoms with E-state index in [4.69, 9.17) is 4.74 Å². The van der Waals surface area contributed by atoms with Crippen molar-refractivity contribution in [3.8, 4) is 17.2 Å².